The van der Waals surface area contributed by atoms with Crippen LogP contribution >= 0.6 is 11.3 Å². The summed E-state index contributed by atoms with van der Waals surface area (Å²) in [5.41, 5.74) is 3.63. The Balaban J connectivity index is 1.66. The highest BCUT2D eigenvalue weighted by molar-refractivity contribution is 7.17. The van der Waals surface area contributed by atoms with Crippen molar-refractivity contribution in [2.24, 2.45) is 0 Å². The number of fused-ring (bicyclic) bond motifs is 1. The molecule has 2 aromatic rings. The molecule has 5 nitrogen and oxygen atoms in total. The van der Waals surface area contributed by atoms with E-state index in [0.29, 0.717) is 5.56 Å². The normalized spacial score (nSPS) is 17.5. The molecule has 154 valence electrons. The molecule has 0 unspecified atom stereocenters. The Morgan fingerprint density at radius 1 is 1.10 bits per heavy atom. The van der Waals surface area contributed by atoms with Gasteiger partial charge in [0.2, 0.25) is 0 Å². The van der Waals surface area contributed by atoms with Crippen molar-refractivity contribution in [3.05, 3.63) is 51.4 Å². The van der Waals surface area contributed by atoms with E-state index in [-0.39, 0.29) is 11.8 Å². The van der Waals surface area contributed by atoms with E-state index >= 15 is 0 Å². The minimum Gasteiger partial charge on any atom is -0.334 e. The van der Waals surface area contributed by atoms with Crippen LogP contribution in [0.25, 0.3) is 0 Å². The lowest BCUT2D eigenvalue weighted by molar-refractivity contribution is -0.883. The van der Waals surface area contributed by atoms with Crippen molar-refractivity contribution in [3.8, 4) is 0 Å². The number of rotatable bonds is 3. The summed E-state index contributed by atoms with van der Waals surface area (Å²) in [5, 5.41) is 3.82. The number of carbonyl (C=O) groups excluding carboxylic acids is 2. The molecule has 6 heteroatoms. The van der Waals surface area contributed by atoms with E-state index in [1.54, 1.807) is 11.3 Å². The molecule has 2 heterocycles. The average Bonchev–Trinajstić information content (AvgIpc) is 2.88. The number of carbonyl (C=O) groups is 2. The maximum atomic E-state index is 13.5. The number of hydrogen-bond donors (Lipinski definition) is 2. The lowest BCUT2D eigenvalue weighted by Gasteiger charge is -2.30. The molecule has 2 amide bonds. The van der Waals surface area contributed by atoms with E-state index in [1.165, 1.54) is 21.8 Å². The van der Waals surface area contributed by atoms with Gasteiger partial charge >= 0.3 is 0 Å². The number of likely N-dealkylation sites (N-methyl/N-ethyl adjacent to an activating group) is 1. The number of aryl methyl sites for hydroxylation is 2. The van der Waals surface area contributed by atoms with Crippen LogP contribution in [0.15, 0.2) is 24.3 Å². The summed E-state index contributed by atoms with van der Waals surface area (Å²) < 4.78 is 0. The molecular weight excluding hydrogens is 382 g/mol. The Morgan fingerprint density at radius 2 is 1.86 bits per heavy atom. The van der Waals surface area contributed by atoms with Crippen molar-refractivity contribution in [1.29, 1.82) is 0 Å². The number of nitrogens with one attached hydrogen (secondary N) is 2. The van der Waals surface area contributed by atoms with Gasteiger partial charge in [0, 0.05) is 10.4 Å². The molecule has 0 saturated carbocycles. The van der Waals surface area contributed by atoms with Crippen LogP contribution < -0.4 is 10.2 Å². The van der Waals surface area contributed by atoms with Crippen LogP contribution in [0, 0.1) is 6.92 Å². The van der Waals surface area contributed by atoms with Crippen LogP contribution in [0.3, 0.4) is 0 Å². The second-order valence-corrected chi connectivity index (χ2v) is 9.45. The zero-order valence-electron chi connectivity index (χ0n) is 17.3. The number of quaternary nitrogens is 1. The van der Waals surface area contributed by atoms with E-state index in [2.05, 4.69) is 12.4 Å². The first kappa shape index (κ1) is 20.1. The molecule has 0 spiro atoms. The molecule has 1 aromatic heterocycles. The van der Waals surface area contributed by atoms with Gasteiger partial charge in [-0.3, -0.25) is 9.59 Å². The van der Waals surface area contributed by atoms with E-state index in [9.17, 15) is 9.59 Å². The largest absolute Gasteiger partial charge is 0.334 e. The van der Waals surface area contributed by atoms with Gasteiger partial charge in [-0.15, -0.1) is 11.3 Å². The molecule has 2 N–H and O–H groups in total. The van der Waals surface area contributed by atoms with E-state index in [4.69, 9.17) is 0 Å². The molecule has 1 saturated heterocycles. The number of nitrogens with zero attached hydrogens (tertiary/aromatic N) is 1. The highest BCUT2D eigenvalue weighted by Gasteiger charge is 2.30. The number of anilines is 1. The predicted molar refractivity (Wildman–Crippen MR) is 117 cm³/mol. The molecule has 0 radical (unpaired) electrons. The summed E-state index contributed by atoms with van der Waals surface area (Å²) in [6.45, 7) is 5.49. The molecule has 29 heavy (non-hydrogen) atoms. The second-order valence-electron chi connectivity index (χ2n) is 8.34. The first-order chi connectivity index (χ1) is 14.0. The Morgan fingerprint density at radius 3 is 2.62 bits per heavy atom. The van der Waals surface area contributed by atoms with Crippen LogP contribution in [0.1, 0.15) is 56.0 Å². The molecule has 0 atom stereocenters. The van der Waals surface area contributed by atoms with Crippen LogP contribution in [-0.2, 0) is 12.8 Å². The van der Waals surface area contributed by atoms with Gasteiger partial charge < -0.3 is 15.1 Å². The Labute approximate surface area is 176 Å². The summed E-state index contributed by atoms with van der Waals surface area (Å²) in [6.07, 6.45) is 5.42. The number of hydrogen-bond acceptors (Lipinski definition) is 3. The Hall–Kier alpha value is -2.18. The van der Waals surface area contributed by atoms with Crippen LogP contribution in [-0.4, -0.2) is 49.9 Å². The lowest BCUT2D eigenvalue weighted by Crippen LogP contribution is -3.12. The number of thiophene rings is 1. The Kier molecular flexibility index (Phi) is 6.01. The van der Waals surface area contributed by atoms with Gasteiger partial charge in [-0.2, -0.15) is 0 Å². The first-order valence-corrected chi connectivity index (χ1v) is 11.5. The van der Waals surface area contributed by atoms with Gasteiger partial charge in [0.05, 0.1) is 38.8 Å². The van der Waals surface area contributed by atoms with E-state index in [0.717, 1.165) is 68.0 Å². The smallest absolute Gasteiger partial charge is 0.257 e. The van der Waals surface area contributed by atoms with Gasteiger partial charge in [-0.25, -0.2) is 0 Å². The molecule has 1 fully saturated rings. The summed E-state index contributed by atoms with van der Waals surface area (Å²) >= 11 is 1.61. The van der Waals surface area contributed by atoms with Gasteiger partial charge in [0.25, 0.3) is 11.8 Å². The van der Waals surface area contributed by atoms with Gasteiger partial charge in [-0.1, -0.05) is 24.1 Å². The predicted octanol–water partition coefficient (Wildman–Crippen LogP) is 2.55. The summed E-state index contributed by atoms with van der Waals surface area (Å²) in [4.78, 5) is 31.1. The molecular formula is C23H30N3O2S+. The molecule has 2 aliphatic rings. The third kappa shape index (κ3) is 4.38. The third-order valence-corrected chi connectivity index (χ3v) is 7.25. The van der Waals surface area contributed by atoms with Crippen molar-refractivity contribution in [2.75, 3.05) is 38.5 Å². The average molecular weight is 413 g/mol. The zero-order chi connectivity index (χ0) is 20.4. The molecule has 1 aliphatic carbocycles. The summed E-state index contributed by atoms with van der Waals surface area (Å²) in [6, 6.07) is 7.59. The van der Waals surface area contributed by atoms with Crippen LogP contribution in [0.4, 0.5) is 5.00 Å². The summed E-state index contributed by atoms with van der Waals surface area (Å²) in [5.74, 6) is -0.0431. The minimum absolute atomic E-state index is 0.0939. The zero-order valence-corrected chi connectivity index (χ0v) is 18.2. The Bertz CT molecular complexity index is 913. The van der Waals surface area contributed by atoms with E-state index in [1.807, 2.05) is 36.1 Å². The molecule has 1 aliphatic heterocycles. The van der Waals surface area contributed by atoms with Crippen LogP contribution in [0.5, 0.6) is 0 Å². The van der Waals surface area contributed by atoms with Crippen molar-refractivity contribution in [2.45, 2.75) is 39.0 Å². The van der Waals surface area contributed by atoms with Gasteiger partial charge in [0.1, 0.15) is 5.00 Å². The fourth-order valence-electron chi connectivity index (χ4n) is 4.27. The third-order valence-electron chi connectivity index (χ3n) is 6.05. The van der Waals surface area contributed by atoms with Crippen molar-refractivity contribution in [1.82, 2.24) is 4.90 Å². The molecule has 0 bridgehead atoms. The number of benzene rings is 1. The van der Waals surface area contributed by atoms with Crippen molar-refractivity contribution in [3.63, 3.8) is 0 Å². The monoisotopic (exact) mass is 412 g/mol. The highest BCUT2D eigenvalue weighted by Crippen LogP contribution is 2.38. The summed E-state index contributed by atoms with van der Waals surface area (Å²) in [7, 11) is 2.17. The topological polar surface area (TPSA) is 53.9 Å². The lowest BCUT2D eigenvalue weighted by atomic mass is 10.0. The van der Waals surface area contributed by atoms with Crippen LogP contribution in [0.2, 0.25) is 0 Å². The highest BCUT2D eigenvalue weighted by atomic mass is 32.1. The number of amides is 2. The van der Waals surface area contributed by atoms with Gasteiger partial charge in [-0.05, 0) is 50.3 Å². The van der Waals surface area contributed by atoms with Gasteiger partial charge in [0.15, 0.2) is 0 Å². The maximum Gasteiger partial charge on any atom is 0.257 e. The minimum atomic E-state index is -0.137. The fourth-order valence-corrected chi connectivity index (χ4v) is 5.54. The SMILES string of the molecule is Cc1cccc(C(=O)Nc2sc3c(c2C(=O)N2CC[NH+](C)CC2)CCCCC3)c1. The van der Waals surface area contributed by atoms with E-state index < -0.39 is 0 Å². The van der Waals surface area contributed by atoms with Crippen molar-refractivity contribution >= 4 is 28.2 Å². The first-order valence-electron chi connectivity index (χ1n) is 10.7. The molecule has 4 rings (SSSR count). The second kappa shape index (κ2) is 8.67. The quantitative estimate of drug-likeness (QED) is 0.762. The standard InChI is InChI=1S/C23H29N3O2S/c1-16-7-6-8-17(15-16)21(27)24-22-20(18-9-4-3-5-10-19(18)29-22)23(28)26-13-11-25(2)12-14-26/h6-8,15H,3-5,9-14H2,1-2H3,(H,24,27)/p+1. The fraction of sp³-hybridized carbons (Fsp3) is 0.478. The molecule has 1 aromatic carbocycles. The van der Waals surface area contributed by atoms with Crippen molar-refractivity contribution < 1.29 is 14.5 Å². The number of piperazine rings is 1. The maximum absolute atomic E-state index is 13.5.